The van der Waals surface area contributed by atoms with Crippen molar-refractivity contribution < 1.29 is 17.9 Å². The Kier molecular flexibility index (Phi) is 5.57. The highest BCUT2D eigenvalue weighted by molar-refractivity contribution is 9.10. The average molecular weight is 418 g/mol. The lowest BCUT2D eigenvalue weighted by molar-refractivity contribution is -0.0503. The predicted molar refractivity (Wildman–Crippen MR) is 89.2 cm³/mol. The van der Waals surface area contributed by atoms with Crippen molar-refractivity contribution in [1.82, 2.24) is 15.0 Å². The molecule has 0 saturated heterocycles. The van der Waals surface area contributed by atoms with E-state index in [9.17, 15) is 13.2 Å². The SMILES string of the molecule is Fc1cc(Br)cnc1N[C@H]1CC[C@H](Nc2ncc(OC(F)F)cn2)C1. The molecule has 0 radical (unpaired) electrons. The van der Waals surface area contributed by atoms with Crippen molar-refractivity contribution in [3.63, 3.8) is 0 Å². The van der Waals surface area contributed by atoms with Gasteiger partial charge in [-0.3, -0.25) is 0 Å². The molecule has 0 aliphatic heterocycles. The van der Waals surface area contributed by atoms with Crippen molar-refractivity contribution in [3.05, 3.63) is 34.9 Å². The van der Waals surface area contributed by atoms with Crippen LogP contribution in [-0.2, 0) is 0 Å². The Hall–Kier alpha value is -2.10. The fourth-order valence-corrected chi connectivity index (χ4v) is 3.00. The van der Waals surface area contributed by atoms with Gasteiger partial charge in [0.1, 0.15) is 0 Å². The molecule has 6 nitrogen and oxygen atoms in total. The van der Waals surface area contributed by atoms with E-state index in [1.165, 1.54) is 24.7 Å². The molecule has 2 aromatic heterocycles. The van der Waals surface area contributed by atoms with E-state index >= 15 is 0 Å². The van der Waals surface area contributed by atoms with E-state index in [2.05, 4.69) is 46.3 Å². The van der Waals surface area contributed by atoms with E-state index in [0.717, 1.165) is 19.3 Å². The van der Waals surface area contributed by atoms with Gasteiger partial charge in [-0.05, 0) is 41.3 Å². The van der Waals surface area contributed by atoms with Crippen LogP contribution in [0.1, 0.15) is 19.3 Å². The van der Waals surface area contributed by atoms with Gasteiger partial charge < -0.3 is 15.4 Å². The maximum Gasteiger partial charge on any atom is 0.387 e. The van der Waals surface area contributed by atoms with Crippen LogP contribution >= 0.6 is 15.9 Å². The Morgan fingerprint density at radius 2 is 1.76 bits per heavy atom. The average Bonchev–Trinajstić information content (AvgIpc) is 2.99. The van der Waals surface area contributed by atoms with Crippen LogP contribution < -0.4 is 15.4 Å². The van der Waals surface area contributed by atoms with Gasteiger partial charge >= 0.3 is 6.61 Å². The Labute approximate surface area is 150 Å². The smallest absolute Gasteiger partial charge is 0.387 e. The molecule has 2 heterocycles. The first kappa shape index (κ1) is 17.7. The van der Waals surface area contributed by atoms with Crippen LogP contribution in [0.2, 0.25) is 0 Å². The maximum absolute atomic E-state index is 13.8. The van der Waals surface area contributed by atoms with Crippen molar-refractivity contribution in [2.24, 2.45) is 0 Å². The molecule has 0 bridgehead atoms. The standard InChI is InChI=1S/C15H15BrF3N5O/c16-8-3-12(17)13(20-5-8)23-9-1-2-10(4-9)24-15-21-6-11(7-22-15)25-14(18)19/h3,5-7,9-10,14H,1-2,4H2,(H,20,23)(H,21,22,24)/t9-,10-/m0/s1. The van der Waals surface area contributed by atoms with E-state index in [0.29, 0.717) is 10.4 Å². The van der Waals surface area contributed by atoms with Gasteiger partial charge in [-0.1, -0.05) is 0 Å². The predicted octanol–water partition coefficient (Wildman–Crippen LogP) is 3.82. The molecule has 134 valence electrons. The minimum Gasteiger partial charge on any atom is -0.432 e. The number of rotatable bonds is 6. The summed E-state index contributed by atoms with van der Waals surface area (Å²) in [7, 11) is 0. The van der Waals surface area contributed by atoms with Crippen LogP contribution in [0.25, 0.3) is 0 Å². The number of aromatic nitrogens is 3. The summed E-state index contributed by atoms with van der Waals surface area (Å²) >= 11 is 3.17. The molecule has 25 heavy (non-hydrogen) atoms. The normalized spacial score (nSPS) is 19.9. The lowest BCUT2D eigenvalue weighted by Crippen LogP contribution is -2.22. The second-order valence-corrected chi connectivity index (χ2v) is 6.52. The van der Waals surface area contributed by atoms with Crippen LogP contribution in [-0.4, -0.2) is 33.6 Å². The lowest BCUT2D eigenvalue weighted by atomic mass is 10.2. The molecule has 1 aliphatic carbocycles. The third-order valence-corrected chi connectivity index (χ3v) is 4.20. The zero-order chi connectivity index (χ0) is 17.8. The number of hydrogen-bond donors (Lipinski definition) is 2. The molecule has 2 aromatic rings. The maximum atomic E-state index is 13.8. The van der Waals surface area contributed by atoms with Gasteiger partial charge in [0.25, 0.3) is 0 Å². The molecule has 10 heteroatoms. The van der Waals surface area contributed by atoms with Crippen molar-refractivity contribution in [1.29, 1.82) is 0 Å². The first-order chi connectivity index (χ1) is 12.0. The van der Waals surface area contributed by atoms with Crippen molar-refractivity contribution in [2.45, 2.75) is 38.0 Å². The summed E-state index contributed by atoms with van der Waals surface area (Å²) in [5.74, 6) is 0.0471. The minimum atomic E-state index is -2.91. The minimum absolute atomic E-state index is 0.0714. The van der Waals surface area contributed by atoms with Crippen molar-refractivity contribution >= 4 is 27.7 Å². The fraction of sp³-hybridized carbons (Fsp3) is 0.400. The van der Waals surface area contributed by atoms with Crippen molar-refractivity contribution in [3.8, 4) is 5.75 Å². The highest BCUT2D eigenvalue weighted by Gasteiger charge is 2.26. The molecule has 2 N–H and O–H groups in total. The third kappa shape index (κ3) is 4.94. The molecule has 3 rings (SSSR count). The lowest BCUT2D eigenvalue weighted by Gasteiger charge is -2.15. The Morgan fingerprint density at radius 1 is 1.08 bits per heavy atom. The Balaban J connectivity index is 1.52. The van der Waals surface area contributed by atoms with Gasteiger partial charge in [0, 0.05) is 22.8 Å². The highest BCUT2D eigenvalue weighted by Crippen LogP contribution is 2.26. The Bertz CT molecular complexity index is 719. The molecule has 0 spiro atoms. The number of alkyl halides is 2. The zero-order valence-electron chi connectivity index (χ0n) is 12.9. The summed E-state index contributed by atoms with van der Waals surface area (Å²) in [6, 6.07) is 1.52. The van der Waals surface area contributed by atoms with Gasteiger partial charge in [0.05, 0.1) is 12.4 Å². The molecular formula is C15H15BrF3N5O. The summed E-state index contributed by atoms with van der Waals surface area (Å²) in [5.41, 5.74) is 0. The van der Waals surface area contributed by atoms with Gasteiger partial charge in [0.15, 0.2) is 17.4 Å². The number of pyridine rings is 1. The first-order valence-electron chi connectivity index (χ1n) is 7.60. The summed E-state index contributed by atoms with van der Waals surface area (Å²) in [6.07, 6.45) is 6.32. The van der Waals surface area contributed by atoms with Crippen molar-refractivity contribution in [2.75, 3.05) is 10.6 Å². The largest absolute Gasteiger partial charge is 0.432 e. The molecule has 1 fully saturated rings. The van der Waals surface area contributed by atoms with E-state index < -0.39 is 12.4 Å². The monoisotopic (exact) mass is 417 g/mol. The molecule has 1 saturated carbocycles. The molecular weight excluding hydrogens is 403 g/mol. The first-order valence-corrected chi connectivity index (χ1v) is 8.40. The summed E-state index contributed by atoms with van der Waals surface area (Å²) < 4.78 is 42.8. The second-order valence-electron chi connectivity index (χ2n) is 5.60. The van der Waals surface area contributed by atoms with E-state index in [-0.39, 0.29) is 23.7 Å². The highest BCUT2D eigenvalue weighted by atomic mass is 79.9. The fourth-order valence-electron chi connectivity index (χ4n) is 2.69. The van der Waals surface area contributed by atoms with Crippen LogP contribution in [0.15, 0.2) is 29.1 Å². The third-order valence-electron chi connectivity index (χ3n) is 3.77. The van der Waals surface area contributed by atoms with Crippen LogP contribution in [0.3, 0.4) is 0 Å². The van der Waals surface area contributed by atoms with Gasteiger partial charge in [-0.25, -0.2) is 19.3 Å². The summed E-state index contributed by atoms with van der Waals surface area (Å²) in [5, 5.41) is 6.23. The van der Waals surface area contributed by atoms with Gasteiger partial charge in [0.2, 0.25) is 5.95 Å². The topological polar surface area (TPSA) is 72.0 Å². The Morgan fingerprint density at radius 3 is 2.40 bits per heavy atom. The number of ether oxygens (including phenoxy) is 1. The molecule has 0 unspecified atom stereocenters. The second kappa shape index (κ2) is 7.85. The molecule has 1 aliphatic rings. The van der Waals surface area contributed by atoms with Gasteiger partial charge in [-0.2, -0.15) is 8.78 Å². The van der Waals surface area contributed by atoms with Crippen LogP contribution in [0.4, 0.5) is 24.9 Å². The van der Waals surface area contributed by atoms with Gasteiger partial charge in [-0.15, -0.1) is 0 Å². The van der Waals surface area contributed by atoms with E-state index in [1.807, 2.05) is 0 Å². The van der Waals surface area contributed by atoms with Crippen LogP contribution in [0, 0.1) is 5.82 Å². The van der Waals surface area contributed by atoms with E-state index in [1.54, 1.807) is 0 Å². The molecule has 0 aromatic carbocycles. The van der Waals surface area contributed by atoms with Crippen LogP contribution in [0.5, 0.6) is 5.75 Å². The molecule has 2 atom stereocenters. The summed E-state index contributed by atoms with van der Waals surface area (Å²) in [4.78, 5) is 11.9. The number of nitrogens with zero attached hydrogens (tertiary/aromatic N) is 3. The number of anilines is 2. The quantitative estimate of drug-likeness (QED) is 0.744. The summed E-state index contributed by atoms with van der Waals surface area (Å²) in [6.45, 7) is -2.91. The molecule has 0 amide bonds. The number of hydrogen-bond acceptors (Lipinski definition) is 6. The number of nitrogens with one attached hydrogen (secondary N) is 2. The number of halogens is 4. The van der Waals surface area contributed by atoms with E-state index in [4.69, 9.17) is 0 Å². The zero-order valence-corrected chi connectivity index (χ0v) is 14.5.